The molecule has 0 heterocycles. The Morgan fingerprint density at radius 1 is 1.10 bits per heavy atom. The van der Waals surface area contributed by atoms with Crippen molar-refractivity contribution in [3.05, 3.63) is 28.8 Å². The zero-order valence-electron chi connectivity index (χ0n) is 17.7. The summed E-state index contributed by atoms with van der Waals surface area (Å²) in [4.78, 5) is 5.29. The Bertz CT molecular complexity index is 1070. The van der Waals surface area contributed by atoms with E-state index in [1.54, 1.807) is 0 Å². The largest absolute Gasteiger partial charge is 0.380 e. The lowest BCUT2D eigenvalue weighted by Gasteiger charge is -2.50. The van der Waals surface area contributed by atoms with Crippen LogP contribution in [0.2, 0.25) is 0 Å². The molecule has 0 aliphatic heterocycles. The van der Waals surface area contributed by atoms with Crippen molar-refractivity contribution in [3.8, 4) is 5.75 Å². The number of rotatable bonds is 6. The Kier molecular flexibility index (Phi) is 5.89. The number of hydrogen-bond acceptors (Lipinski definition) is 7. The van der Waals surface area contributed by atoms with Crippen LogP contribution in [0.4, 0.5) is 0 Å². The van der Waals surface area contributed by atoms with E-state index >= 15 is 0 Å². The normalized spacial score (nSPS) is 32.8. The number of hydrogen-bond donors (Lipinski definition) is 2. The van der Waals surface area contributed by atoms with Crippen LogP contribution in [0.15, 0.2) is 12.1 Å². The maximum Gasteiger partial charge on any atom is 0.380 e. The van der Waals surface area contributed by atoms with Crippen LogP contribution in [-0.2, 0) is 42.7 Å². The highest BCUT2D eigenvalue weighted by atomic mass is 32.2. The van der Waals surface area contributed by atoms with E-state index in [1.807, 2.05) is 13.0 Å². The van der Waals surface area contributed by atoms with Gasteiger partial charge in [-0.15, -0.1) is 0 Å². The minimum Gasteiger partial charge on any atom is -0.371 e. The third-order valence-electron chi connectivity index (χ3n) is 7.66. The maximum atomic E-state index is 11.5. The molecule has 0 spiro atoms. The Morgan fingerprint density at radius 3 is 2.48 bits per heavy atom. The van der Waals surface area contributed by atoms with Gasteiger partial charge in [0.1, 0.15) is 11.9 Å². The summed E-state index contributed by atoms with van der Waals surface area (Å²) in [5, 5.41) is 10.0. The van der Waals surface area contributed by atoms with E-state index in [4.69, 9.17) is 19.3 Å². The summed E-state index contributed by atoms with van der Waals surface area (Å²) < 4.78 is 54.8. The van der Waals surface area contributed by atoms with Crippen LogP contribution in [0, 0.1) is 17.3 Å². The number of benzene rings is 1. The highest BCUT2D eigenvalue weighted by molar-refractivity contribution is 7.84. The van der Waals surface area contributed by atoms with Crippen molar-refractivity contribution < 1.29 is 30.2 Å². The lowest BCUT2D eigenvalue weighted by molar-refractivity contribution is -0.269. The van der Waals surface area contributed by atoms with Gasteiger partial charge in [-0.25, -0.2) is 10.0 Å². The first-order valence-corrected chi connectivity index (χ1v) is 13.6. The van der Waals surface area contributed by atoms with E-state index in [-0.39, 0.29) is 11.5 Å². The first-order chi connectivity index (χ1) is 14.4. The van der Waals surface area contributed by atoms with Crippen LogP contribution >= 0.6 is 0 Å². The molecule has 4 N–H and O–H groups in total. The van der Waals surface area contributed by atoms with Gasteiger partial charge in [-0.05, 0) is 85.5 Å². The molecule has 9 nitrogen and oxygen atoms in total. The Hall–Kier alpha value is -1.24. The molecular weight excluding hydrogens is 445 g/mol. The monoisotopic (exact) mass is 475 g/mol. The highest BCUT2D eigenvalue weighted by Gasteiger charge is 2.56. The molecule has 1 aromatic carbocycles. The zero-order chi connectivity index (χ0) is 22.6. The zero-order valence-corrected chi connectivity index (χ0v) is 19.4. The molecule has 1 aromatic rings. The second kappa shape index (κ2) is 7.96. The quantitative estimate of drug-likeness (QED) is 0.473. The minimum atomic E-state index is -4.15. The van der Waals surface area contributed by atoms with Gasteiger partial charge in [-0.3, -0.25) is 0 Å². The smallest absolute Gasteiger partial charge is 0.371 e. The molecule has 2 fully saturated rings. The molecule has 3 aliphatic carbocycles. The van der Waals surface area contributed by atoms with Crippen LogP contribution in [-0.4, -0.2) is 22.9 Å². The summed E-state index contributed by atoms with van der Waals surface area (Å²) in [6.07, 6.45) is 5.63. The second-order valence-electron chi connectivity index (χ2n) is 9.27. The Morgan fingerprint density at radius 2 is 1.84 bits per heavy atom. The molecule has 174 valence electrons. The molecule has 0 unspecified atom stereocenters. The second-order valence-corrected chi connectivity index (χ2v) is 11.5. The number of fused-ring (bicyclic) bond motifs is 5. The van der Waals surface area contributed by atoms with Crippen molar-refractivity contribution in [2.75, 3.05) is 0 Å². The van der Waals surface area contributed by atoms with Gasteiger partial charge in [0, 0.05) is 5.41 Å². The van der Waals surface area contributed by atoms with E-state index in [0.717, 1.165) is 49.7 Å². The minimum absolute atomic E-state index is 0.173. The molecule has 0 bridgehead atoms. The lowest BCUT2D eigenvalue weighted by atomic mass is 9.55. The van der Waals surface area contributed by atoms with E-state index in [1.165, 1.54) is 5.56 Å². The SMILES string of the molecule is CCc1cc2c(cc1OS(N)(=O)=O)CC[C@@H]1[C@@H]2CC[C@]2(C)[C@@H]([17O]OS(N)(=O)=O)CC[C@@H]12. The van der Waals surface area contributed by atoms with Crippen molar-refractivity contribution in [2.24, 2.45) is 27.5 Å². The van der Waals surface area contributed by atoms with Gasteiger partial charge >= 0.3 is 20.6 Å². The number of aryl methyl sites for hydroxylation is 2. The molecule has 3 aliphatic rings. The Labute approximate surface area is 183 Å². The third kappa shape index (κ3) is 4.49. The predicted molar refractivity (Wildman–Crippen MR) is 113 cm³/mol. The molecule has 31 heavy (non-hydrogen) atoms. The van der Waals surface area contributed by atoms with Gasteiger partial charge in [-0.1, -0.05) is 24.2 Å². The van der Waals surface area contributed by atoms with E-state index in [0.29, 0.717) is 29.9 Å². The molecule has 0 aromatic heterocycles. The third-order valence-corrected chi connectivity index (χ3v) is 8.34. The average Bonchev–Trinajstić information content (AvgIpc) is 3.00. The maximum absolute atomic E-state index is 11.5. The van der Waals surface area contributed by atoms with E-state index < -0.39 is 20.6 Å². The fourth-order valence-corrected chi connectivity index (χ4v) is 6.95. The summed E-state index contributed by atoms with van der Waals surface area (Å²) in [6, 6.07) is 3.92. The van der Waals surface area contributed by atoms with Crippen molar-refractivity contribution in [1.29, 1.82) is 0 Å². The molecular formula is C20H30N2O7S2. The molecule has 11 heteroatoms. The molecule has 2 saturated carbocycles. The van der Waals surface area contributed by atoms with Crippen LogP contribution in [0.3, 0.4) is 0 Å². The summed E-state index contributed by atoms with van der Waals surface area (Å²) in [7, 11) is -8.23. The van der Waals surface area contributed by atoms with Crippen molar-refractivity contribution in [3.63, 3.8) is 0 Å². The van der Waals surface area contributed by atoms with Crippen LogP contribution in [0.5, 0.6) is 5.75 Å². The fourth-order valence-electron chi connectivity index (χ4n) is 6.34. The summed E-state index contributed by atoms with van der Waals surface area (Å²) in [5.41, 5.74) is 3.04. The van der Waals surface area contributed by atoms with Gasteiger partial charge in [0.15, 0.2) is 0 Å². The molecule has 5 atom stereocenters. The highest BCUT2D eigenvalue weighted by Crippen LogP contribution is 2.61. The predicted octanol–water partition coefficient (Wildman–Crippen LogP) is 2.21. The van der Waals surface area contributed by atoms with Crippen LogP contribution in [0.1, 0.15) is 68.6 Å². The first-order valence-electron chi connectivity index (χ1n) is 10.7. The molecule has 0 saturated heterocycles. The van der Waals surface area contributed by atoms with Crippen LogP contribution < -0.4 is 14.5 Å². The lowest BCUT2D eigenvalue weighted by Crippen LogP contribution is -2.45. The summed E-state index contributed by atoms with van der Waals surface area (Å²) in [5.74, 6) is 1.52. The first kappa shape index (κ1) is 22.9. The van der Waals surface area contributed by atoms with Gasteiger partial charge in [0.2, 0.25) is 0 Å². The molecule has 4 rings (SSSR count). The number of nitrogens with two attached hydrogens (primary N) is 2. The van der Waals surface area contributed by atoms with Crippen molar-refractivity contribution in [1.82, 2.24) is 0 Å². The van der Waals surface area contributed by atoms with Gasteiger partial charge in [0.05, 0.1) is 0 Å². The van der Waals surface area contributed by atoms with E-state index in [2.05, 4.69) is 17.3 Å². The standard InChI is InChI=1S/C20H30N2O7S2/c1-3-12-10-16-13(11-18(12)28-30(21,23)24)4-5-15-14(16)8-9-20(2)17(15)6-7-19(20)27-29-31(22,25)26/h10-11,14-15,17,19H,3-9H2,1-2H3,(H2,21,23,24)(H2,22,25,26)/t14-,15+,17-,19-,20-/m0/s1/i27+1. The van der Waals surface area contributed by atoms with Crippen LogP contribution in [0.25, 0.3) is 0 Å². The van der Waals surface area contributed by atoms with Gasteiger partial charge in [0.25, 0.3) is 0 Å². The summed E-state index contributed by atoms with van der Waals surface area (Å²) >= 11 is 0. The van der Waals surface area contributed by atoms with Gasteiger partial charge in [-0.2, -0.15) is 22.0 Å². The summed E-state index contributed by atoms with van der Waals surface area (Å²) in [6.45, 7) is 4.12. The van der Waals surface area contributed by atoms with E-state index in [9.17, 15) is 16.8 Å². The molecule has 0 amide bonds. The van der Waals surface area contributed by atoms with Gasteiger partial charge < -0.3 is 4.18 Å². The Balaban J connectivity index is 1.60. The molecule has 0 radical (unpaired) electrons. The fraction of sp³-hybridized carbons (Fsp3) is 0.700. The topological polar surface area (TPSA) is 148 Å². The average molecular weight is 476 g/mol. The van der Waals surface area contributed by atoms with Crippen molar-refractivity contribution >= 4 is 20.6 Å². The van der Waals surface area contributed by atoms with Crippen molar-refractivity contribution in [2.45, 2.75) is 70.8 Å².